The number of nitro groups is 1. The number of nitrogens with zero attached hydrogens (tertiary/aromatic N) is 1. The largest absolute Gasteiger partial charge is 0.449 e. The van der Waals surface area contributed by atoms with Crippen LogP contribution in [-0.2, 0) is 19.1 Å². The zero-order valence-electron chi connectivity index (χ0n) is 24.9. The van der Waals surface area contributed by atoms with Crippen molar-refractivity contribution in [2.24, 2.45) is 28.6 Å². The lowest BCUT2D eigenvalue weighted by Gasteiger charge is -2.63. The Morgan fingerprint density at radius 2 is 1.91 bits per heavy atom. The van der Waals surface area contributed by atoms with E-state index in [1.807, 2.05) is 0 Å². The number of esters is 1. The molecule has 0 spiro atoms. The topological polar surface area (TPSA) is 141 Å². The maximum atomic E-state index is 17.6. The summed E-state index contributed by atoms with van der Waals surface area (Å²) in [5, 5.41) is 22.2. The van der Waals surface area contributed by atoms with Crippen molar-refractivity contribution >= 4 is 40.1 Å². The van der Waals surface area contributed by atoms with Crippen LogP contribution in [0.5, 0.6) is 0 Å². The fourth-order valence-corrected chi connectivity index (χ4v) is 9.70. The lowest BCUT2D eigenvalue weighted by molar-refractivity contribution is -0.384. The third kappa shape index (κ3) is 4.42. The third-order valence-corrected chi connectivity index (χ3v) is 11.7. The molecule has 4 aliphatic rings. The van der Waals surface area contributed by atoms with Gasteiger partial charge >= 0.3 is 5.97 Å². The molecule has 236 valence electrons. The van der Waals surface area contributed by atoms with Gasteiger partial charge in [0.25, 0.3) is 5.69 Å². The molecule has 1 aromatic carbocycles. The molecule has 12 heteroatoms. The standard InChI is InChI=1S/C32H35F2NO8S/c1-5-27(39)43-32(28(40)44-16-25(37)18-7-6-8-19(12-18)35(41)42)17(2)11-21-22-14-24(33)23-13-20(36)9-10-29(23,3)31(22,34)26(38)15-30(21,32)4/h6-10,12-13,17,21-22,24,26,38H,5,11,14-16H2,1-4H3/t17-,21+,22+,24+,26+,29+,30+,31+,32+/m1/s1. The molecule has 1 N–H and O–H groups in total. The van der Waals surface area contributed by atoms with Crippen molar-refractivity contribution < 1.29 is 42.7 Å². The molecule has 0 unspecified atom stereocenters. The fraction of sp³-hybridized carbons (Fsp3) is 0.562. The van der Waals surface area contributed by atoms with Crippen LogP contribution in [0.4, 0.5) is 14.5 Å². The van der Waals surface area contributed by atoms with Gasteiger partial charge < -0.3 is 9.84 Å². The molecule has 3 saturated carbocycles. The van der Waals surface area contributed by atoms with Gasteiger partial charge in [-0.2, -0.15) is 0 Å². The number of non-ortho nitro benzene ring substituents is 1. The molecule has 3 fully saturated rings. The summed E-state index contributed by atoms with van der Waals surface area (Å²) in [5.74, 6) is -4.57. The maximum absolute atomic E-state index is 17.6. The zero-order valence-corrected chi connectivity index (χ0v) is 25.7. The monoisotopic (exact) mass is 631 g/mol. The number of aliphatic hydroxyl groups is 1. The molecule has 4 aliphatic carbocycles. The molecule has 0 aromatic heterocycles. The Kier molecular flexibility index (Phi) is 8.02. The number of hydrogen-bond donors (Lipinski definition) is 1. The SMILES string of the molecule is CCC(=O)O[C@]1(C(=O)SCC(=O)c2cccc([N+](=O)[O-])c2)[C@H](C)C[C@H]2[C@@H]3C[C@H](F)C4=CC(=O)C=C[C@]4(C)[C@@]3(F)[C@@H](O)C[C@@]21C. The number of benzene rings is 1. The number of hydrogen-bond acceptors (Lipinski definition) is 9. The van der Waals surface area contributed by atoms with Crippen molar-refractivity contribution in [3.05, 3.63) is 63.7 Å². The van der Waals surface area contributed by atoms with Crippen LogP contribution in [0.25, 0.3) is 0 Å². The van der Waals surface area contributed by atoms with Gasteiger partial charge in [0.2, 0.25) is 5.12 Å². The first-order valence-electron chi connectivity index (χ1n) is 14.7. The van der Waals surface area contributed by atoms with Crippen LogP contribution >= 0.6 is 11.8 Å². The summed E-state index contributed by atoms with van der Waals surface area (Å²) >= 11 is 0.605. The smallest absolute Gasteiger partial charge is 0.306 e. The van der Waals surface area contributed by atoms with E-state index in [4.69, 9.17) is 4.74 Å². The number of halogens is 2. The number of Topliss-reactive ketones (excluding diaryl/α,β-unsaturated/α-hetero) is 1. The van der Waals surface area contributed by atoms with Crippen molar-refractivity contribution in [2.75, 3.05) is 5.75 Å². The summed E-state index contributed by atoms with van der Waals surface area (Å²) < 4.78 is 39.4. The van der Waals surface area contributed by atoms with Gasteiger partial charge in [-0.05, 0) is 49.8 Å². The van der Waals surface area contributed by atoms with E-state index in [1.54, 1.807) is 20.8 Å². The van der Waals surface area contributed by atoms with Gasteiger partial charge in [0.15, 0.2) is 22.8 Å². The van der Waals surface area contributed by atoms with E-state index in [9.17, 15) is 34.4 Å². The molecule has 0 aliphatic heterocycles. The summed E-state index contributed by atoms with van der Waals surface area (Å²) in [7, 11) is 0. The number of nitro benzene ring substituents is 1. The van der Waals surface area contributed by atoms with E-state index in [0.717, 1.165) is 12.1 Å². The average Bonchev–Trinajstić information content (AvgIpc) is 3.20. The minimum Gasteiger partial charge on any atom is -0.449 e. The summed E-state index contributed by atoms with van der Waals surface area (Å²) in [6.45, 7) is 6.40. The Hall–Kier alpha value is -3.25. The molecular formula is C32H35F2NO8S. The van der Waals surface area contributed by atoms with Crippen molar-refractivity contribution in [3.8, 4) is 0 Å². The van der Waals surface area contributed by atoms with Crippen LogP contribution in [0, 0.1) is 38.7 Å². The van der Waals surface area contributed by atoms with Crippen molar-refractivity contribution in [2.45, 2.75) is 76.9 Å². The molecule has 1 aromatic rings. The molecular weight excluding hydrogens is 596 g/mol. The van der Waals surface area contributed by atoms with Crippen molar-refractivity contribution in [3.63, 3.8) is 0 Å². The maximum Gasteiger partial charge on any atom is 0.306 e. The van der Waals surface area contributed by atoms with Gasteiger partial charge in [0, 0.05) is 46.8 Å². The number of ether oxygens (including phenoxy) is 1. The lowest BCUT2D eigenvalue weighted by Crippen LogP contribution is -2.70. The van der Waals surface area contributed by atoms with Crippen LogP contribution in [0.15, 0.2) is 48.1 Å². The summed E-state index contributed by atoms with van der Waals surface area (Å²) in [5.41, 5.74) is -7.46. The molecule has 9 nitrogen and oxygen atoms in total. The molecule has 44 heavy (non-hydrogen) atoms. The van der Waals surface area contributed by atoms with E-state index in [1.165, 1.54) is 37.3 Å². The fourth-order valence-electron chi connectivity index (χ4n) is 8.58. The lowest BCUT2D eigenvalue weighted by atomic mass is 9.44. The van der Waals surface area contributed by atoms with E-state index >= 15 is 8.78 Å². The number of fused-ring (bicyclic) bond motifs is 5. The van der Waals surface area contributed by atoms with E-state index < -0.39 is 85.5 Å². The van der Waals surface area contributed by atoms with Crippen molar-refractivity contribution in [1.29, 1.82) is 0 Å². The highest BCUT2D eigenvalue weighted by molar-refractivity contribution is 8.14. The minimum atomic E-state index is -2.37. The van der Waals surface area contributed by atoms with E-state index in [2.05, 4.69) is 0 Å². The second kappa shape index (κ2) is 11.0. The number of alkyl halides is 2. The van der Waals surface area contributed by atoms with Gasteiger partial charge in [-0.25, -0.2) is 8.78 Å². The summed E-state index contributed by atoms with van der Waals surface area (Å²) in [6, 6.07) is 5.11. The average molecular weight is 632 g/mol. The van der Waals surface area contributed by atoms with Crippen molar-refractivity contribution in [1.82, 2.24) is 0 Å². The summed E-state index contributed by atoms with van der Waals surface area (Å²) in [6.07, 6.45) is -0.261. The Morgan fingerprint density at radius 3 is 2.57 bits per heavy atom. The second-order valence-corrected chi connectivity index (χ2v) is 13.8. The molecule has 0 heterocycles. The number of carbonyl (C=O) groups is 4. The number of ketones is 2. The highest BCUT2D eigenvalue weighted by Gasteiger charge is 2.78. The van der Waals surface area contributed by atoms with E-state index in [-0.39, 0.29) is 42.5 Å². The van der Waals surface area contributed by atoms with Gasteiger partial charge in [-0.1, -0.05) is 50.7 Å². The molecule has 0 bridgehead atoms. The van der Waals surface area contributed by atoms with E-state index in [0.29, 0.717) is 11.8 Å². The number of thioether (sulfide) groups is 1. The van der Waals surface area contributed by atoms with Crippen LogP contribution in [0.2, 0.25) is 0 Å². The first-order valence-corrected chi connectivity index (χ1v) is 15.7. The Balaban J connectivity index is 1.52. The first kappa shape index (κ1) is 32.2. The predicted octanol–water partition coefficient (Wildman–Crippen LogP) is 5.29. The van der Waals surface area contributed by atoms with Gasteiger partial charge in [0.05, 0.1) is 16.8 Å². The summed E-state index contributed by atoms with van der Waals surface area (Å²) in [4.78, 5) is 62.8. The number of carbonyl (C=O) groups excluding carboxylic acids is 4. The van der Waals surface area contributed by atoms with Crippen LogP contribution in [0.3, 0.4) is 0 Å². The number of rotatable bonds is 7. The minimum absolute atomic E-state index is 0.0209. The molecule has 0 radical (unpaired) electrons. The first-order chi connectivity index (χ1) is 20.6. The molecule has 0 amide bonds. The normalized spacial score (nSPS) is 39.0. The van der Waals surface area contributed by atoms with Crippen LogP contribution in [0.1, 0.15) is 63.7 Å². The van der Waals surface area contributed by atoms with Gasteiger partial charge in [0.1, 0.15) is 6.17 Å². The van der Waals surface area contributed by atoms with Crippen LogP contribution in [-0.4, -0.2) is 62.0 Å². The third-order valence-electron chi connectivity index (χ3n) is 10.7. The van der Waals surface area contributed by atoms with Gasteiger partial charge in [-0.3, -0.25) is 29.3 Å². The van der Waals surface area contributed by atoms with Gasteiger partial charge in [-0.15, -0.1) is 0 Å². The number of allylic oxidation sites excluding steroid dienone is 4. The Labute approximate surface area is 257 Å². The number of aliphatic hydroxyl groups excluding tert-OH is 1. The highest BCUT2D eigenvalue weighted by Crippen LogP contribution is 2.72. The van der Waals surface area contributed by atoms with Crippen LogP contribution < -0.4 is 0 Å². The molecule has 5 rings (SSSR count). The predicted molar refractivity (Wildman–Crippen MR) is 157 cm³/mol. The second-order valence-electron chi connectivity index (χ2n) is 12.9. The Morgan fingerprint density at radius 1 is 1.20 bits per heavy atom. The molecule has 9 atom stereocenters. The zero-order chi connectivity index (χ0) is 32.4. The highest BCUT2D eigenvalue weighted by atomic mass is 32.2. The molecule has 0 saturated heterocycles. The Bertz CT molecular complexity index is 1510. The quantitative estimate of drug-likeness (QED) is 0.184.